The van der Waals surface area contributed by atoms with E-state index in [1.54, 1.807) is 4.90 Å². The van der Waals surface area contributed by atoms with E-state index in [2.05, 4.69) is 5.32 Å². The van der Waals surface area contributed by atoms with Gasteiger partial charge in [0.15, 0.2) is 0 Å². The number of likely N-dealkylation sites (tertiary alicyclic amines) is 1. The van der Waals surface area contributed by atoms with Crippen LogP contribution in [0.5, 0.6) is 0 Å². The van der Waals surface area contributed by atoms with E-state index in [0.29, 0.717) is 19.5 Å². The maximum Gasteiger partial charge on any atom is 0.222 e. The Morgan fingerprint density at radius 2 is 2.46 bits per heavy atom. The fourth-order valence-corrected chi connectivity index (χ4v) is 2.09. The Morgan fingerprint density at radius 1 is 1.62 bits per heavy atom. The second kappa shape index (κ2) is 3.27. The number of β-amino-alcohol motifs (C(OH)–C–C–N with tert-alkyl or cyclic N) is 1. The van der Waals surface area contributed by atoms with Crippen molar-refractivity contribution in [2.75, 3.05) is 26.2 Å². The number of nitrogens with one attached hydrogen (secondary N) is 1. The Labute approximate surface area is 77.9 Å². The van der Waals surface area contributed by atoms with Crippen LogP contribution < -0.4 is 5.32 Å². The fourth-order valence-electron chi connectivity index (χ4n) is 2.09. The first-order valence-corrected chi connectivity index (χ1v) is 4.91. The standard InChI is InChI=1S/C9H16N2O2/c12-8-2-1-5-11(8)7-9(13)3-4-10-6-9/h10,13H,1-7H2. The first-order valence-electron chi connectivity index (χ1n) is 4.91. The van der Waals surface area contributed by atoms with E-state index < -0.39 is 5.60 Å². The van der Waals surface area contributed by atoms with Crippen LogP contribution in [0.3, 0.4) is 0 Å². The lowest BCUT2D eigenvalue weighted by Crippen LogP contribution is -2.45. The molecular formula is C9H16N2O2. The van der Waals surface area contributed by atoms with Gasteiger partial charge in [-0.2, -0.15) is 0 Å². The molecule has 2 saturated heterocycles. The third-order valence-corrected chi connectivity index (χ3v) is 2.88. The minimum absolute atomic E-state index is 0.195. The summed E-state index contributed by atoms with van der Waals surface area (Å²) in [5.74, 6) is 0.195. The SMILES string of the molecule is O=C1CCCN1CC1(O)CCNC1. The van der Waals surface area contributed by atoms with E-state index in [9.17, 15) is 9.90 Å². The van der Waals surface area contributed by atoms with Crippen LogP contribution in [0.4, 0.5) is 0 Å². The molecule has 0 saturated carbocycles. The molecule has 4 nitrogen and oxygen atoms in total. The summed E-state index contributed by atoms with van der Waals surface area (Å²) in [6.07, 6.45) is 2.36. The molecular weight excluding hydrogens is 168 g/mol. The van der Waals surface area contributed by atoms with Crippen molar-refractivity contribution in [2.24, 2.45) is 0 Å². The van der Waals surface area contributed by atoms with Crippen molar-refractivity contribution >= 4 is 5.91 Å². The van der Waals surface area contributed by atoms with Gasteiger partial charge in [-0.25, -0.2) is 0 Å². The van der Waals surface area contributed by atoms with Crippen LogP contribution >= 0.6 is 0 Å². The molecule has 2 fully saturated rings. The van der Waals surface area contributed by atoms with E-state index in [1.165, 1.54) is 0 Å². The molecule has 2 N–H and O–H groups in total. The van der Waals surface area contributed by atoms with Crippen molar-refractivity contribution < 1.29 is 9.90 Å². The first-order chi connectivity index (χ1) is 6.20. The third kappa shape index (κ3) is 1.84. The number of carbonyl (C=O) groups excluding carboxylic acids is 1. The monoisotopic (exact) mass is 184 g/mol. The number of nitrogens with zero attached hydrogens (tertiary/aromatic N) is 1. The molecule has 2 rings (SSSR count). The van der Waals surface area contributed by atoms with Crippen molar-refractivity contribution in [3.63, 3.8) is 0 Å². The molecule has 0 radical (unpaired) electrons. The molecule has 1 amide bonds. The highest BCUT2D eigenvalue weighted by Gasteiger charge is 2.35. The lowest BCUT2D eigenvalue weighted by atomic mass is 10.0. The second-order valence-corrected chi connectivity index (χ2v) is 4.07. The van der Waals surface area contributed by atoms with Gasteiger partial charge in [0, 0.05) is 19.5 Å². The van der Waals surface area contributed by atoms with Gasteiger partial charge in [0.05, 0.1) is 12.1 Å². The zero-order chi connectivity index (χ0) is 9.31. The average molecular weight is 184 g/mol. The van der Waals surface area contributed by atoms with Gasteiger partial charge < -0.3 is 15.3 Å². The topological polar surface area (TPSA) is 52.6 Å². The zero-order valence-corrected chi connectivity index (χ0v) is 7.75. The summed E-state index contributed by atoms with van der Waals surface area (Å²) < 4.78 is 0. The van der Waals surface area contributed by atoms with Gasteiger partial charge in [0.1, 0.15) is 0 Å². The van der Waals surface area contributed by atoms with Crippen LogP contribution in [0.1, 0.15) is 19.3 Å². The molecule has 0 aromatic rings. The predicted molar refractivity (Wildman–Crippen MR) is 48.3 cm³/mol. The molecule has 2 aliphatic heterocycles. The molecule has 0 bridgehead atoms. The normalized spacial score (nSPS) is 34.5. The van der Waals surface area contributed by atoms with Gasteiger partial charge in [-0.05, 0) is 19.4 Å². The van der Waals surface area contributed by atoms with Gasteiger partial charge in [-0.1, -0.05) is 0 Å². The van der Waals surface area contributed by atoms with Crippen LogP contribution in [-0.4, -0.2) is 47.7 Å². The molecule has 0 aromatic carbocycles. The number of rotatable bonds is 2. The van der Waals surface area contributed by atoms with E-state index in [-0.39, 0.29) is 5.91 Å². The molecule has 2 aliphatic rings. The molecule has 0 spiro atoms. The summed E-state index contributed by atoms with van der Waals surface area (Å²) >= 11 is 0. The summed E-state index contributed by atoms with van der Waals surface area (Å²) in [6.45, 7) is 2.81. The Kier molecular flexibility index (Phi) is 2.26. The molecule has 1 atom stereocenters. The summed E-state index contributed by atoms with van der Waals surface area (Å²) in [5, 5.41) is 13.1. The van der Waals surface area contributed by atoms with Crippen LogP contribution in [-0.2, 0) is 4.79 Å². The molecule has 1 unspecified atom stereocenters. The fraction of sp³-hybridized carbons (Fsp3) is 0.889. The first kappa shape index (κ1) is 8.97. The van der Waals surface area contributed by atoms with E-state index >= 15 is 0 Å². The van der Waals surface area contributed by atoms with Gasteiger partial charge in [0.2, 0.25) is 5.91 Å². The quantitative estimate of drug-likeness (QED) is 0.598. The van der Waals surface area contributed by atoms with Crippen LogP contribution in [0.15, 0.2) is 0 Å². The number of hydrogen-bond donors (Lipinski definition) is 2. The van der Waals surface area contributed by atoms with Crippen molar-refractivity contribution in [1.82, 2.24) is 10.2 Å². The molecule has 74 valence electrons. The van der Waals surface area contributed by atoms with E-state index in [4.69, 9.17) is 0 Å². The number of carbonyl (C=O) groups is 1. The van der Waals surface area contributed by atoms with E-state index in [0.717, 1.165) is 25.9 Å². The average Bonchev–Trinajstić information content (AvgIpc) is 2.64. The summed E-state index contributed by atoms with van der Waals surface area (Å²) in [6, 6.07) is 0. The van der Waals surface area contributed by atoms with Crippen LogP contribution in [0.2, 0.25) is 0 Å². The van der Waals surface area contributed by atoms with Crippen LogP contribution in [0, 0.1) is 0 Å². The molecule has 13 heavy (non-hydrogen) atoms. The van der Waals surface area contributed by atoms with Crippen LogP contribution in [0.25, 0.3) is 0 Å². The lowest BCUT2D eigenvalue weighted by Gasteiger charge is -2.27. The number of hydrogen-bond acceptors (Lipinski definition) is 3. The zero-order valence-electron chi connectivity index (χ0n) is 7.75. The smallest absolute Gasteiger partial charge is 0.222 e. The summed E-state index contributed by atoms with van der Waals surface area (Å²) in [7, 11) is 0. The minimum Gasteiger partial charge on any atom is -0.387 e. The minimum atomic E-state index is -0.667. The summed E-state index contributed by atoms with van der Waals surface area (Å²) in [5.41, 5.74) is -0.667. The highest BCUT2D eigenvalue weighted by Crippen LogP contribution is 2.19. The van der Waals surface area contributed by atoms with Gasteiger partial charge in [-0.15, -0.1) is 0 Å². The van der Waals surface area contributed by atoms with Crippen molar-refractivity contribution in [3.8, 4) is 0 Å². The predicted octanol–water partition coefficient (Wildman–Crippen LogP) is -0.667. The number of amides is 1. The van der Waals surface area contributed by atoms with Crippen molar-refractivity contribution in [3.05, 3.63) is 0 Å². The Balaban J connectivity index is 1.92. The summed E-state index contributed by atoms with van der Waals surface area (Å²) in [4.78, 5) is 13.1. The number of aliphatic hydroxyl groups is 1. The van der Waals surface area contributed by atoms with Gasteiger partial charge in [-0.3, -0.25) is 4.79 Å². The molecule has 0 aromatic heterocycles. The lowest BCUT2D eigenvalue weighted by molar-refractivity contribution is -0.130. The van der Waals surface area contributed by atoms with Gasteiger partial charge >= 0.3 is 0 Å². The maximum absolute atomic E-state index is 11.3. The third-order valence-electron chi connectivity index (χ3n) is 2.88. The largest absolute Gasteiger partial charge is 0.387 e. The Hall–Kier alpha value is -0.610. The maximum atomic E-state index is 11.3. The van der Waals surface area contributed by atoms with E-state index in [1.807, 2.05) is 0 Å². The Bertz CT molecular complexity index is 212. The van der Waals surface area contributed by atoms with Crippen molar-refractivity contribution in [2.45, 2.75) is 24.9 Å². The second-order valence-electron chi connectivity index (χ2n) is 4.07. The highest BCUT2D eigenvalue weighted by molar-refractivity contribution is 5.78. The molecule has 0 aliphatic carbocycles. The molecule has 4 heteroatoms. The Morgan fingerprint density at radius 3 is 3.00 bits per heavy atom. The van der Waals surface area contributed by atoms with Gasteiger partial charge in [0.25, 0.3) is 0 Å². The highest BCUT2D eigenvalue weighted by atomic mass is 16.3. The van der Waals surface area contributed by atoms with Crippen molar-refractivity contribution in [1.29, 1.82) is 0 Å². The molecule has 2 heterocycles.